The lowest BCUT2D eigenvalue weighted by molar-refractivity contribution is -0.118. The van der Waals surface area contributed by atoms with E-state index in [0.717, 1.165) is 19.5 Å². The van der Waals surface area contributed by atoms with Crippen LogP contribution in [-0.2, 0) is 4.74 Å². The van der Waals surface area contributed by atoms with Crippen LogP contribution in [0.1, 0.15) is 19.8 Å². The summed E-state index contributed by atoms with van der Waals surface area (Å²) in [6.07, 6.45) is 2.41. The zero-order valence-electron chi connectivity index (χ0n) is 13.6. The fourth-order valence-electron chi connectivity index (χ4n) is 4.04. The summed E-state index contributed by atoms with van der Waals surface area (Å²) < 4.78 is 8.39. The van der Waals surface area contributed by atoms with Crippen LogP contribution in [0.4, 0.5) is 0 Å². The molecule has 0 bridgehead atoms. The van der Waals surface area contributed by atoms with Crippen molar-refractivity contribution in [1.29, 1.82) is 0 Å². The Balaban J connectivity index is 2.23. The molecule has 118 valence electrons. The molecule has 0 N–H and O–H groups in total. The lowest BCUT2D eigenvalue weighted by Crippen LogP contribution is -2.59. The van der Waals surface area contributed by atoms with Crippen LogP contribution in [0.3, 0.4) is 0 Å². The minimum Gasteiger partial charge on any atom is -0.378 e. The summed E-state index contributed by atoms with van der Waals surface area (Å²) in [5.41, 5.74) is 0.0280. The van der Waals surface area contributed by atoms with Gasteiger partial charge in [-0.2, -0.15) is 0 Å². The van der Waals surface area contributed by atoms with E-state index in [4.69, 9.17) is 4.74 Å². The van der Waals surface area contributed by atoms with Crippen molar-refractivity contribution in [2.45, 2.75) is 31.4 Å². The van der Waals surface area contributed by atoms with Crippen molar-refractivity contribution < 1.29 is 4.74 Å². The van der Waals surface area contributed by atoms with E-state index in [1.165, 1.54) is 19.5 Å². The Morgan fingerprint density at radius 3 is 2.45 bits per heavy atom. The molecule has 2 aliphatic rings. The first-order chi connectivity index (χ1) is 9.37. The summed E-state index contributed by atoms with van der Waals surface area (Å²) in [6.45, 7) is 7.03. The van der Waals surface area contributed by atoms with Crippen LogP contribution in [-0.4, -0.2) is 79.0 Å². The maximum Gasteiger partial charge on any atom is 0.0706 e. The first kappa shape index (κ1) is 16.9. The highest BCUT2D eigenvalue weighted by atomic mass is 127. The number of halogens is 1. The summed E-state index contributed by atoms with van der Waals surface area (Å²) in [6, 6.07) is 0.665. The third-order valence-electron chi connectivity index (χ3n) is 5.55. The second-order valence-corrected chi connectivity index (χ2v) is 8.46. The molecule has 0 aromatic rings. The quantitative estimate of drug-likeness (QED) is 0.537. The van der Waals surface area contributed by atoms with Crippen LogP contribution in [0.2, 0.25) is 0 Å². The molecule has 4 unspecified atom stereocenters. The van der Waals surface area contributed by atoms with E-state index >= 15 is 0 Å². The fraction of sp³-hybridized carbons (Fsp3) is 1.00. The average molecular weight is 395 g/mol. The van der Waals surface area contributed by atoms with Gasteiger partial charge in [-0.3, -0.25) is 0 Å². The molecule has 0 aromatic heterocycles. The van der Waals surface area contributed by atoms with Crippen LogP contribution in [0, 0.1) is 11.8 Å². The van der Waals surface area contributed by atoms with Crippen LogP contribution in [0.5, 0.6) is 0 Å². The highest BCUT2D eigenvalue weighted by molar-refractivity contribution is 14.1. The van der Waals surface area contributed by atoms with Gasteiger partial charge in [-0.1, -0.05) is 0 Å². The number of hydrogen-bond donors (Lipinski definition) is 0. The van der Waals surface area contributed by atoms with Gasteiger partial charge in [-0.05, 0) is 53.4 Å². The van der Waals surface area contributed by atoms with E-state index in [1.54, 1.807) is 0 Å². The van der Waals surface area contributed by atoms with Crippen molar-refractivity contribution in [3.05, 3.63) is 0 Å². The van der Waals surface area contributed by atoms with Gasteiger partial charge in [0.25, 0.3) is 0 Å². The van der Waals surface area contributed by atoms with Crippen molar-refractivity contribution in [2.24, 2.45) is 11.8 Å². The molecule has 2 rings (SSSR count). The number of likely N-dealkylation sites (tertiary alicyclic amines) is 2. The van der Waals surface area contributed by atoms with E-state index in [-0.39, 0.29) is 5.60 Å². The third kappa shape index (κ3) is 3.48. The van der Waals surface area contributed by atoms with Gasteiger partial charge in [0.2, 0.25) is 0 Å². The van der Waals surface area contributed by atoms with Gasteiger partial charge < -0.3 is 14.5 Å². The van der Waals surface area contributed by atoms with Gasteiger partial charge in [-0.25, -0.2) is 3.11 Å². The Morgan fingerprint density at radius 1 is 1.20 bits per heavy atom. The molecule has 4 atom stereocenters. The Labute approximate surface area is 138 Å². The predicted octanol–water partition coefficient (Wildman–Crippen LogP) is 1.95. The minimum atomic E-state index is 0.0280. The summed E-state index contributed by atoms with van der Waals surface area (Å²) >= 11 is 2.47. The number of rotatable bonds is 3. The number of ether oxygens (including phenoxy) is 1. The number of nitrogens with zero attached hydrogens (tertiary/aromatic N) is 3. The normalized spacial score (nSPS) is 41.2. The van der Waals surface area contributed by atoms with Crippen LogP contribution >= 0.6 is 22.9 Å². The molecule has 0 amide bonds. The molecule has 4 nitrogen and oxygen atoms in total. The first-order valence-electron chi connectivity index (χ1n) is 7.68. The minimum absolute atomic E-state index is 0.0280. The molecule has 2 saturated heterocycles. The number of piperidine rings is 2. The molecule has 0 aliphatic carbocycles. The van der Waals surface area contributed by atoms with Crippen molar-refractivity contribution in [3.63, 3.8) is 0 Å². The second kappa shape index (κ2) is 6.77. The van der Waals surface area contributed by atoms with E-state index in [2.05, 4.69) is 63.8 Å². The number of methoxy groups -OCH3 is 1. The molecule has 2 aliphatic heterocycles. The van der Waals surface area contributed by atoms with Crippen molar-refractivity contribution >= 4 is 22.9 Å². The van der Waals surface area contributed by atoms with Crippen molar-refractivity contribution in [1.82, 2.24) is 12.9 Å². The molecule has 0 saturated carbocycles. The molecule has 2 heterocycles. The van der Waals surface area contributed by atoms with Crippen LogP contribution in [0.25, 0.3) is 0 Å². The summed E-state index contributed by atoms with van der Waals surface area (Å²) in [5, 5.41) is 0. The van der Waals surface area contributed by atoms with Gasteiger partial charge in [0.05, 0.1) is 5.60 Å². The average Bonchev–Trinajstić information content (AvgIpc) is 2.41. The van der Waals surface area contributed by atoms with Gasteiger partial charge in [0.1, 0.15) is 0 Å². The highest BCUT2D eigenvalue weighted by Gasteiger charge is 2.47. The van der Waals surface area contributed by atoms with Gasteiger partial charge >= 0.3 is 0 Å². The molecule has 5 heteroatoms. The zero-order valence-corrected chi connectivity index (χ0v) is 15.8. The first-order valence-corrected chi connectivity index (χ1v) is 8.64. The molecule has 0 radical (unpaired) electrons. The largest absolute Gasteiger partial charge is 0.378 e. The maximum atomic E-state index is 5.99. The van der Waals surface area contributed by atoms with Crippen molar-refractivity contribution in [2.75, 3.05) is 54.4 Å². The molecule has 20 heavy (non-hydrogen) atoms. The fourth-order valence-corrected chi connectivity index (χ4v) is 4.73. The summed E-state index contributed by atoms with van der Waals surface area (Å²) in [4.78, 5) is 4.97. The zero-order chi connectivity index (χ0) is 14.9. The molecule has 2 fully saturated rings. The van der Waals surface area contributed by atoms with E-state index in [1.807, 2.05) is 7.11 Å². The maximum absolute atomic E-state index is 5.99. The smallest absolute Gasteiger partial charge is 0.0706 e. The van der Waals surface area contributed by atoms with Gasteiger partial charge in [0, 0.05) is 61.6 Å². The van der Waals surface area contributed by atoms with Crippen LogP contribution < -0.4 is 0 Å². The predicted molar refractivity (Wildman–Crippen MR) is 92.2 cm³/mol. The SMILES string of the molecule is COC1(C)CCN(C)CC1C1CN(C)CCC1N(C)I. The Bertz CT molecular complexity index is 328. The molecule has 0 spiro atoms. The third-order valence-corrected chi connectivity index (χ3v) is 6.26. The van der Waals surface area contributed by atoms with Gasteiger partial charge in [-0.15, -0.1) is 0 Å². The van der Waals surface area contributed by atoms with Crippen LogP contribution in [0.15, 0.2) is 0 Å². The van der Waals surface area contributed by atoms with E-state index < -0.39 is 0 Å². The number of hydrogen-bond acceptors (Lipinski definition) is 4. The molecule has 0 aromatic carbocycles. The monoisotopic (exact) mass is 395 g/mol. The molecular formula is C15H30IN3O. The highest BCUT2D eigenvalue weighted by Crippen LogP contribution is 2.40. The standard InChI is InChI=1S/C15H30IN3O/c1-15(20-5)7-9-18(3)11-13(15)12-10-17(2)8-6-14(12)19(4)16/h12-14H,6-11H2,1-5H3. The topological polar surface area (TPSA) is 19.0 Å². The molecular weight excluding hydrogens is 365 g/mol. The van der Waals surface area contributed by atoms with E-state index in [0.29, 0.717) is 17.9 Å². The second-order valence-electron chi connectivity index (χ2n) is 6.94. The Morgan fingerprint density at radius 2 is 1.85 bits per heavy atom. The Kier molecular flexibility index (Phi) is 5.73. The van der Waals surface area contributed by atoms with Crippen molar-refractivity contribution in [3.8, 4) is 0 Å². The lowest BCUT2D eigenvalue weighted by Gasteiger charge is -2.52. The van der Waals surface area contributed by atoms with E-state index in [9.17, 15) is 0 Å². The Hall–Kier alpha value is 0.570. The summed E-state index contributed by atoms with van der Waals surface area (Å²) in [5.74, 6) is 1.29. The summed E-state index contributed by atoms with van der Waals surface area (Å²) in [7, 11) is 8.62. The lowest BCUT2D eigenvalue weighted by atomic mass is 9.70. The van der Waals surface area contributed by atoms with Gasteiger partial charge in [0.15, 0.2) is 0 Å².